The summed E-state index contributed by atoms with van der Waals surface area (Å²) in [7, 11) is 1.75. The summed E-state index contributed by atoms with van der Waals surface area (Å²) in [6, 6.07) is 7.51. The number of unbranched alkanes of at least 4 members (excludes halogenated alkanes) is 4. The van der Waals surface area contributed by atoms with Crippen LogP contribution in [0.5, 0.6) is 0 Å². The minimum Gasteiger partial charge on any atom is -0.478 e. The average Bonchev–Trinajstić information content (AvgIpc) is 2.80. The molecule has 7 heteroatoms. The largest absolute Gasteiger partial charge is 0.478 e. The molecule has 1 aliphatic heterocycles. The molecule has 0 saturated carbocycles. The number of aliphatic imine (C=N–C) groups is 1. The van der Waals surface area contributed by atoms with Gasteiger partial charge in [-0.3, -0.25) is 9.89 Å². The van der Waals surface area contributed by atoms with E-state index in [1.54, 1.807) is 11.9 Å². The second-order valence-corrected chi connectivity index (χ2v) is 7.85. The highest BCUT2D eigenvalue weighted by molar-refractivity contribution is 6.10. The number of urea groups is 1. The third-order valence-electron chi connectivity index (χ3n) is 5.33. The van der Waals surface area contributed by atoms with Crippen LogP contribution >= 0.6 is 0 Å². The topological polar surface area (TPSA) is 91.2 Å². The number of hydrogen-bond acceptors (Lipinski definition) is 4. The van der Waals surface area contributed by atoms with Crippen LogP contribution in [-0.2, 0) is 9.53 Å². The van der Waals surface area contributed by atoms with Crippen molar-refractivity contribution < 1.29 is 19.4 Å². The molecule has 1 unspecified atom stereocenters. The molecule has 0 radical (unpaired) electrons. The van der Waals surface area contributed by atoms with E-state index in [4.69, 9.17) is 9.84 Å². The first kappa shape index (κ1) is 25.3. The van der Waals surface area contributed by atoms with Gasteiger partial charge in [0.05, 0.1) is 12.3 Å². The molecule has 1 aromatic carbocycles. The van der Waals surface area contributed by atoms with Crippen molar-refractivity contribution >= 4 is 23.4 Å². The zero-order valence-corrected chi connectivity index (χ0v) is 19.3. The number of amides is 2. The van der Waals surface area contributed by atoms with Crippen LogP contribution in [0.3, 0.4) is 0 Å². The normalized spacial score (nSPS) is 17.9. The van der Waals surface area contributed by atoms with E-state index in [1.807, 2.05) is 43.3 Å². The Kier molecular flexibility index (Phi) is 10.1. The Bertz CT molecular complexity index is 862. The molecular weight excluding hydrogens is 406 g/mol. The first-order chi connectivity index (χ1) is 15.4. The number of carboxylic acid groups (broad SMARTS) is 1. The van der Waals surface area contributed by atoms with Crippen LogP contribution in [-0.4, -0.2) is 55.2 Å². The van der Waals surface area contributed by atoms with Crippen LogP contribution in [0, 0.1) is 0 Å². The van der Waals surface area contributed by atoms with Crippen molar-refractivity contribution in [3.8, 4) is 0 Å². The Hall–Kier alpha value is -2.93. The van der Waals surface area contributed by atoms with Gasteiger partial charge in [-0.05, 0) is 43.7 Å². The summed E-state index contributed by atoms with van der Waals surface area (Å²) in [4.78, 5) is 29.6. The van der Waals surface area contributed by atoms with E-state index in [1.165, 1.54) is 25.3 Å². The number of carbonyl (C=O) groups excluding carboxylic acids is 1. The van der Waals surface area contributed by atoms with Gasteiger partial charge in [0.2, 0.25) is 0 Å². The molecule has 1 heterocycles. The van der Waals surface area contributed by atoms with Crippen molar-refractivity contribution in [1.29, 1.82) is 0 Å². The predicted octanol–water partition coefficient (Wildman–Crippen LogP) is 4.58. The molecule has 0 spiro atoms. The lowest BCUT2D eigenvalue weighted by Crippen LogP contribution is -2.37. The Morgan fingerprint density at radius 2 is 2.03 bits per heavy atom. The molecule has 0 saturated heterocycles. The van der Waals surface area contributed by atoms with Crippen LogP contribution in [0.1, 0.15) is 51.5 Å². The Morgan fingerprint density at radius 1 is 1.25 bits per heavy atom. The quantitative estimate of drug-likeness (QED) is 0.367. The minimum atomic E-state index is -1.03. The number of dihydropyridines is 1. The fraction of sp³-hybridized carbons (Fsp3) is 0.480. The van der Waals surface area contributed by atoms with Crippen molar-refractivity contribution in [3.63, 3.8) is 0 Å². The molecule has 32 heavy (non-hydrogen) atoms. The highest BCUT2D eigenvalue weighted by Gasteiger charge is 2.27. The number of carboxylic acids is 1. The zero-order valence-electron chi connectivity index (χ0n) is 19.3. The number of nitrogens with zero attached hydrogens (tertiary/aromatic N) is 2. The lowest BCUT2D eigenvalue weighted by Gasteiger charge is -2.28. The lowest BCUT2D eigenvalue weighted by atomic mass is 9.96. The Morgan fingerprint density at radius 3 is 2.69 bits per heavy atom. The van der Waals surface area contributed by atoms with Gasteiger partial charge in [-0.25, -0.2) is 9.59 Å². The van der Waals surface area contributed by atoms with Gasteiger partial charge in [0.1, 0.15) is 5.60 Å². The van der Waals surface area contributed by atoms with Gasteiger partial charge in [0.25, 0.3) is 0 Å². The molecule has 2 N–H and O–H groups in total. The number of nitrogens with one attached hydrogen (secondary N) is 1. The van der Waals surface area contributed by atoms with Gasteiger partial charge < -0.3 is 15.2 Å². The van der Waals surface area contributed by atoms with Gasteiger partial charge in [-0.2, -0.15) is 0 Å². The summed E-state index contributed by atoms with van der Waals surface area (Å²) >= 11 is 0. The number of carbonyl (C=O) groups is 2. The van der Waals surface area contributed by atoms with E-state index >= 15 is 0 Å². The summed E-state index contributed by atoms with van der Waals surface area (Å²) in [5, 5.41) is 11.9. The third kappa shape index (κ3) is 7.64. The smallest absolute Gasteiger partial charge is 0.328 e. The van der Waals surface area contributed by atoms with Crippen LogP contribution in [0.25, 0.3) is 0 Å². The van der Waals surface area contributed by atoms with Crippen molar-refractivity contribution in [2.45, 2.75) is 51.6 Å². The van der Waals surface area contributed by atoms with Gasteiger partial charge >= 0.3 is 12.0 Å². The van der Waals surface area contributed by atoms with Crippen LogP contribution in [0.15, 0.2) is 53.6 Å². The molecule has 1 aromatic rings. The molecule has 0 aliphatic carbocycles. The molecule has 7 nitrogen and oxygen atoms in total. The van der Waals surface area contributed by atoms with Crippen molar-refractivity contribution in [2.24, 2.45) is 4.99 Å². The second-order valence-electron chi connectivity index (χ2n) is 7.85. The summed E-state index contributed by atoms with van der Waals surface area (Å²) < 4.78 is 5.76. The summed E-state index contributed by atoms with van der Waals surface area (Å²) in [6.45, 7) is 5.44. The maximum atomic E-state index is 12.5. The zero-order chi connectivity index (χ0) is 23.4. The van der Waals surface area contributed by atoms with E-state index in [-0.39, 0.29) is 12.6 Å². The van der Waals surface area contributed by atoms with Gasteiger partial charge in [-0.1, -0.05) is 44.7 Å². The maximum absolute atomic E-state index is 12.5. The highest BCUT2D eigenvalue weighted by Crippen LogP contribution is 2.23. The third-order valence-corrected chi connectivity index (χ3v) is 5.33. The number of anilines is 1. The molecule has 1 atom stereocenters. The van der Waals surface area contributed by atoms with Crippen molar-refractivity contribution in [2.75, 3.05) is 31.6 Å². The maximum Gasteiger partial charge on any atom is 0.328 e. The number of allylic oxidation sites excluding steroid dienone is 1. The van der Waals surface area contributed by atoms with E-state index in [2.05, 4.69) is 17.2 Å². The molecule has 0 bridgehead atoms. The molecule has 0 fully saturated rings. The fourth-order valence-corrected chi connectivity index (χ4v) is 3.49. The van der Waals surface area contributed by atoms with E-state index in [0.29, 0.717) is 13.2 Å². The Labute approximate surface area is 190 Å². The van der Waals surface area contributed by atoms with Crippen molar-refractivity contribution in [3.05, 3.63) is 54.1 Å². The number of rotatable bonds is 12. The minimum absolute atomic E-state index is 0.132. The van der Waals surface area contributed by atoms with Gasteiger partial charge in [0.15, 0.2) is 0 Å². The predicted molar refractivity (Wildman–Crippen MR) is 129 cm³/mol. The van der Waals surface area contributed by atoms with E-state index < -0.39 is 11.6 Å². The molecule has 2 amide bonds. The lowest BCUT2D eigenvalue weighted by molar-refractivity contribution is -0.131. The monoisotopic (exact) mass is 441 g/mol. The molecule has 174 valence electrons. The number of ether oxygens (including phenoxy) is 1. The Balaban J connectivity index is 2.02. The van der Waals surface area contributed by atoms with E-state index in [9.17, 15) is 9.59 Å². The van der Waals surface area contributed by atoms with Crippen LogP contribution in [0.4, 0.5) is 10.5 Å². The first-order valence-electron chi connectivity index (χ1n) is 11.3. The SMILES string of the molecule is CCCCCCCNC(=O)N(C)c1cccc(C2=NCC(C=CC(=O)O)(OCC)C=C2)c1. The summed E-state index contributed by atoms with van der Waals surface area (Å²) in [5.41, 5.74) is 1.55. The molecule has 1 aliphatic rings. The fourth-order valence-electron chi connectivity index (χ4n) is 3.49. The first-order valence-corrected chi connectivity index (χ1v) is 11.3. The molecule has 2 rings (SSSR count). The van der Waals surface area contributed by atoms with Crippen LogP contribution < -0.4 is 10.2 Å². The molecule has 0 aromatic heterocycles. The number of benzene rings is 1. The van der Waals surface area contributed by atoms with E-state index in [0.717, 1.165) is 35.9 Å². The molecular formula is C25H35N3O4. The standard InChI is InChI=1S/C25H35N3O4/c1-4-6-7-8-9-17-26-24(31)28(3)21-12-10-11-20(18-21)22-13-15-25(19-27-22,32-5-2)16-14-23(29)30/h10-16,18H,4-9,17,19H2,1-3H3,(H,26,31)(H,29,30). The van der Waals surface area contributed by atoms with Crippen molar-refractivity contribution in [1.82, 2.24) is 5.32 Å². The summed E-state index contributed by atoms with van der Waals surface area (Å²) in [6.07, 6.45) is 12.0. The summed E-state index contributed by atoms with van der Waals surface area (Å²) in [5.74, 6) is -1.03. The number of aliphatic carboxylic acids is 1. The van der Waals surface area contributed by atoms with Crippen LogP contribution in [0.2, 0.25) is 0 Å². The average molecular weight is 442 g/mol. The van der Waals surface area contributed by atoms with Gasteiger partial charge in [-0.15, -0.1) is 0 Å². The van der Waals surface area contributed by atoms with Gasteiger partial charge in [0, 0.05) is 37.5 Å². The highest BCUT2D eigenvalue weighted by atomic mass is 16.5. The number of hydrogen-bond donors (Lipinski definition) is 2. The second kappa shape index (κ2) is 12.8.